The van der Waals surface area contributed by atoms with Crippen molar-refractivity contribution in [2.24, 2.45) is 0 Å². The second-order valence-corrected chi connectivity index (χ2v) is 4.06. The van der Waals surface area contributed by atoms with Gasteiger partial charge in [-0.15, -0.1) is 0 Å². The predicted octanol–water partition coefficient (Wildman–Crippen LogP) is 2.50. The van der Waals surface area contributed by atoms with E-state index in [9.17, 15) is 4.79 Å². The van der Waals surface area contributed by atoms with Crippen LogP contribution in [0.5, 0.6) is 0 Å². The van der Waals surface area contributed by atoms with Gasteiger partial charge in [-0.1, -0.05) is 0 Å². The largest absolute Gasteiger partial charge is 0.478 e. The van der Waals surface area contributed by atoms with Crippen LogP contribution in [0.2, 0.25) is 0 Å². The van der Waals surface area contributed by atoms with Gasteiger partial charge in [-0.05, 0) is 50.6 Å². The van der Waals surface area contributed by atoms with Gasteiger partial charge in [0.25, 0.3) is 0 Å². The summed E-state index contributed by atoms with van der Waals surface area (Å²) in [6.07, 6.45) is 0. The molecule has 17 heavy (non-hydrogen) atoms. The van der Waals surface area contributed by atoms with E-state index in [2.05, 4.69) is 5.10 Å². The van der Waals surface area contributed by atoms with E-state index in [1.165, 1.54) is 0 Å². The van der Waals surface area contributed by atoms with Gasteiger partial charge in [-0.2, -0.15) is 5.10 Å². The molecule has 1 aromatic heterocycles. The molecule has 0 aliphatic carbocycles. The molecule has 0 aliphatic rings. The number of aryl methyl sites for hydroxylation is 1. The van der Waals surface area contributed by atoms with Crippen molar-refractivity contribution >= 4 is 5.97 Å². The number of hydrogen-bond donors (Lipinski definition) is 1. The van der Waals surface area contributed by atoms with Crippen LogP contribution in [0.15, 0.2) is 24.3 Å². The average Bonchev–Trinajstić information content (AvgIpc) is 2.57. The van der Waals surface area contributed by atoms with Crippen molar-refractivity contribution in [3.63, 3.8) is 0 Å². The number of carboxylic acid groups (broad SMARTS) is 1. The molecule has 0 saturated carbocycles. The SMILES string of the molecule is Cc1nn(-c2ccc(C(=O)O)cc2)c(C)c1C. The number of hydrogen-bond acceptors (Lipinski definition) is 2. The summed E-state index contributed by atoms with van der Waals surface area (Å²) in [6.45, 7) is 5.99. The van der Waals surface area contributed by atoms with E-state index in [1.54, 1.807) is 24.3 Å². The van der Waals surface area contributed by atoms with Gasteiger partial charge in [0.2, 0.25) is 0 Å². The lowest BCUT2D eigenvalue weighted by Gasteiger charge is -2.04. The quantitative estimate of drug-likeness (QED) is 0.862. The zero-order valence-electron chi connectivity index (χ0n) is 10.1. The summed E-state index contributed by atoms with van der Waals surface area (Å²) in [7, 11) is 0. The molecule has 4 nitrogen and oxygen atoms in total. The van der Waals surface area contributed by atoms with Gasteiger partial charge in [0.1, 0.15) is 0 Å². The van der Waals surface area contributed by atoms with Crippen LogP contribution in [0.1, 0.15) is 27.3 Å². The first-order valence-corrected chi connectivity index (χ1v) is 5.37. The molecule has 0 bridgehead atoms. The van der Waals surface area contributed by atoms with Gasteiger partial charge in [0.15, 0.2) is 0 Å². The molecule has 0 saturated heterocycles. The van der Waals surface area contributed by atoms with E-state index in [-0.39, 0.29) is 5.56 Å². The Morgan fingerprint density at radius 2 is 1.76 bits per heavy atom. The maximum absolute atomic E-state index is 10.8. The molecule has 4 heteroatoms. The van der Waals surface area contributed by atoms with Crippen LogP contribution in [0, 0.1) is 20.8 Å². The molecular weight excluding hydrogens is 216 g/mol. The standard InChI is InChI=1S/C13H14N2O2/c1-8-9(2)14-15(10(8)3)12-6-4-11(5-7-12)13(16)17/h4-7H,1-3H3,(H,16,17). The van der Waals surface area contributed by atoms with E-state index < -0.39 is 5.97 Å². The first-order chi connectivity index (χ1) is 8.00. The zero-order chi connectivity index (χ0) is 12.6. The van der Waals surface area contributed by atoms with Crippen molar-refractivity contribution in [2.45, 2.75) is 20.8 Å². The van der Waals surface area contributed by atoms with Crippen LogP contribution in [-0.4, -0.2) is 20.9 Å². The molecule has 88 valence electrons. The second-order valence-electron chi connectivity index (χ2n) is 4.06. The Morgan fingerprint density at radius 1 is 1.18 bits per heavy atom. The Balaban J connectivity index is 2.47. The smallest absolute Gasteiger partial charge is 0.335 e. The lowest BCUT2D eigenvalue weighted by atomic mass is 10.2. The highest BCUT2D eigenvalue weighted by molar-refractivity contribution is 5.87. The monoisotopic (exact) mass is 230 g/mol. The normalized spacial score (nSPS) is 10.5. The Hall–Kier alpha value is -2.10. The number of aromatic nitrogens is 2. The van der Waals surface area contributed by atoms with Crippen molar-refractivity contribution in [1.82, 2.24) is 9.78 Å². The first-order valence-electron chi connectivity index (χ1n) is 5.37. The van der Waals surface area contributed by atoms with Crippen LogP contribution >= 0.6 is 0 Å². The van der Waals surface area contributed by atoms with E-state index in [0.717, 1.165) is 22.6 Å². The fourth-order valence-corrected chi connectivity index (χ4v) is 1.72. The third-order valence-corrected chi connectivity index (χ3v) is 3.01. The Kier molecular flexibility index (Phi) is 2.71. The molecule has 1 aromatic carbocycles. The summed E-state index contributed by atoms with van der Waals surface area (Å²) in [5.41, 5.74) is 4.39. The summed E-state index contributed by atoms with van der Waals surface area (Å²) in [5, 5.41) is 13.3. The van der Waals surface area contributed by atoms with Gasteiger partial charge in [-0.25, -0.2) is 9.48 Å². The average molecular weight is 230 g/mol. The number of benzene rings is 1. The molecule has 0 fully saturated rings. The molecule has 1 heterocycles. The van der Waals surface area contributed by atoms with Crippen molar-refractivity contribution in [3.8, 4) is 5.69 Å². The van der Waals surface area contributed by atoms with Gasteiger partial charge in [0, 0.05) is 5.69 Å². The van der Waals surface area contributed by atoms with E-state index in [0.29, 0.717) is 0 Å². The lowest BCUT2D eigenvalue weighted by molar-refractivity contribution is 0.0697. The minimum absolute atomic E-state index is 0.284. The van der Waals surface area contributed by atoms with Crippen molar-refractivity contribution < 1.29 is 9.90 Å². The molecule has 1 N–H and O–H groups in total. The fourth-order valence-electron chi connectivity index (χ4n) is 1.72. The zero-order valence-corrected chi connectivity index (χ0v) is 10.1. The third-order valence-electron chi connectivity index (χ3n) is 3.01. The number of carbonyl (C=O) groups is 1. The summed E-state index contributed by atoms with van der Waals surface area (Å²) >= 11 is 0. The van der Waals surface area contributed by atoms with Gasteiger partial charge in [-0.3, -0.25) is 0 Å². The molecule has 0 spiro atoms. The second kappa shape index (κ2) is 4.05. The highest BCUT2D eigenvalue weighted by Gasteiger charge is 2.09. The van der Waals surface area contributed by atoms with Crippen LogP contribution in [-0.2, 0) is 0 Å². The number of carboxylic acids is 1. The molecule has 0 radical (unpaired) electrons. The first kappa shape index (κ1) is 11.4. The molecule has 0 amide bonds. The summed E-state index contributed by atoms with van der Waals surface area (Å²) in [5.74, 6) is -0.916. The minimum atomic E-state index is -0.916. The Bertz CT molecular complexity index is 568. The van der Waals surface area contributed by atoms with Crippen molar-refractivity contribution in [3.05, 3.63) is 46.8 Å². The number of aromatic carboxylic acids is 1. The molecule has 2 rings (SSSR count). The van der Waals surface area contributed by atoms with E-state index in [1.807, 2.05) is 25.5 Å². The summed E-state index contributed by atoms with van der Waals surface area (Å²) in [4.78, 5) is 10.8. The fraction of sp³-hybridized carbons (Fsp3) is 0.231. The molecule has 0 unspecified atom stereocenters. The van der Waals surface area contributed by atoms with Gasteiger partial charge in [0.05, 0.1) is 16.9 Å². The molecular formula is C13H14N2O2. The van der Waals surface area contributed by atoms with Crippen molar-refractivity contribution in [2.75, 3.05) is 0 Å². The maximum Gasteiger partial charge on any atom is 0.335 e. The summed E-state index contributed by atoms with van der Waals surface area (Å²) < 4.78 is 1.83. The van der Waals surface area contributed by atoms with Gasteiger partial charge >= 0.3 is 5.97 Å². The Morgan fingerprint density at radius 3 is 2.18 bits per heavy atom. The Labute approximate surface area is 99.5 Å². The number of nitrogens with zero attached hydrogens (tertiary/aromatic N) is 2. The van der Waals surface area contributed by atoms with Gasteiger partial charge < -0.3 is 5.11 Å². The van der Waals surface area contributed by atoms with E-state index in [4.69, 9.17) is 5.11 Å². The number of rotatable bonds is 2. The topological polar surface area (TPSA) is 55.1 Å². The van der Waals surface area contributed by atoms with Crippen molar-refractivity contribution in [1.29, 1.82) is 0 Å². The third kappa shape index (κ3) is 1.93. The van der Waals surface area contributed by atoms with Crippen LogP contribution in [0.4, 0.5) is 0 Å². The minimum Gasteiger partial charge on any atom is -0.478 e. The molecule has 0 aliphatic heterocycles. The molecule has 0 atom stereocenters. The van der Waals surface area contributed by atoms with E-state index >= 15 is 0 Å². The van der Waals surface area contributed by atoms with Crippen LogP contribution in [0.25, 0.3) is 5.69 Å². The lowest BCUT2D eigenvalue weighted by Crippen LogP contribution is -2.01. The summed E-state index contributed by atoms with van der Waals surface area (Å²) in [6, 6.07) is 6.71. The van der Waals surface area contributed by atoms with Crippen LogP contribution in [0.3, 0.4) is 0 Å². The predicted molar refractivity (Wildman–Crippen MR) is 64.7 cm³/mol. The van der Waals surface area contributed by atoms with Crippen LogP contribution < -0.4 is 0 Å². The highest BCUT2D eigenvalue weighted by atomic mass is 16.4. The maximum atomic E-state index is 10.8. The molecule has 2 aromatic rings. The highest BCUT2D eigenvalue weighted by Crippen LogP contribution is 2.17.